The van der Waals surface area contributed by atoms with Crippen molar-refractivity contribution in [3.63, 3.8) is 0 Å². The fraction of sp³-hybridized carbons (Fsp3) is 0.217. The number of halogens is 1. The van der Waals surface area contributed by atoms with Gasteiger partial charge in [0.25, 0.3) is 5.91 Å². The quantitative estimate of drug-likeness (QED) is 0.662. The SMILES string of the molecule is O=C(NCCc1cccs1)C1Cc2ccccc2CN1C(=O)c1ccccc1Cl. The molecule has 0 spiro atoms. The first-order valence-corrected chi connectivity index (χ1v) is 10.8. The van der Waals surface area contributed by atoms with E-state index in [2.05, 4.69) is 11.4 Å². The van der Waals surface area contributed by atoms with Crippen LogP contribution in [0.5, 0.6) is 0 Å². The number of carbonyl (C=O) groups excluding carboxylic acids is 2. The number of nitrogens with one attached hydrogen (secondary N) is 1. The maximum absolute atomic E-state index is 13.3. The molecule has 1 N–H and O–H groups in total. The van der Waals surface area contributed by atoms with E-state index in [1.54, 1.807) is 40.5 Å². The van der Waals surface area contributed by atoms with E-state index in [9.17, 15) is 9.59 Å². The van der Waals surface area contributed by atoms with E-state index < -0.39 is 6.04 Å². The summed E-state index contributed by atoms with van der Waals surface area (Å²) in [5.74, 6) is -0.347. The second-order valence-corrected chi connectivity index (χ2v) is 8.46. The van der Waals surface area contributed by atoms with Crippen molar-refractivity contribution in [1.82, 2.24) is 10.2 Å². The molecule has 2 amide bonds. The predicted octanol–water partition coefficient (Wildman–Crippen LogP) is 4.33. The molecule has 2 heterocycles. The van der Waals surface area contributed by atoms with Crippen LogP contribution in [-0.4, -0.2) is 29.3 Å². The van der Waals surface area contributed by atoms with E-state index in [4.69, 9.17) is 11.6 Å². The summed E-state index contributed by atoms with van der Waals surface area (Å²) in [4.78, 5) is 29.2. The van der Waals surface area contributed by atoms with Crippen molar-refractivity contribution in [2.75, 3.05) is 6.54 Å². The Bertz CT molecular complexity index is 1020. The topological polar surface area (TPSA) is 49.4 Å². The standard InChI is InChI=1S/C23H21ClN2O2S/c24-20-10-4-3-9-19(20)23(28)26-15-17-7-2-1-6-16(17)14-21(26)22(27)25-12-11-18-8-5-13-29-18/h1-10,13,21H,11-12,14-15H2,(H,25,27). The van der Waals surface area contributed by atoms with Crippen LogP contribution in [0.2, 0.25) is 5.02 Å². The van der Waals surface area contributed by atoms with Crippen LogP contribution < -0.4 is 5.32 Å². The smallest absolute Gasteiger partial charge is 0.256 e. The highest BCUT2D eigenvalue weighted by Crippen LogP contribution is 2.27. The highest BCUT2D eigenvalue weighted by atomic mass is 35.5. The number of thiophene rings is 1. The van der Waals surface area contributed by atoms with Gasteiger partial charge in [-0.3, -0.25) is 9.59 Å². The van der Waals surface area contributed by atoms with Crippen LogP contribution in [0.4, 0.5) is 0 Å². The number of nitrogens with zero attached hydrogens (tertiary/aromatic N) is 1. The molecule has 0 bridgehead atoms. The molecule has 1 aliphatic heterocycles. The van der Waals surface area contributed by atoms with Crippen molar-refractivity contribution in [2.45, 2.75) is 25.4 Å². The molecule has 1 unspecified atom stereocenters. The number of fused-ring (bicyclic) bond motifs is 1. The Balaban J connectivity index is 1.55. The van der Waals surface area contributed by atoms with Crippen molar-refractivity contribution in [2.24, 2.45) is 0 Å². The molecule has 1 aliphatic rings. The minimum absolute atomic E-state index is 0.128. The molecule has 1 aromatic heterocycles. The summed E-state index contributed by atoms with van der Waals surface area (Å²) in [5, 5.41) is 5.44. The first kappa shape index (κ1) is 19.7. The lowest BCUT2D eigenvalue weighted by atomic mass is 9.92. The Morgan fingerprint density at radius 1 is 1.03 bits per heavy atom. The monoisotopic (exact) mass is 424 g/mol. The molecule has 29 heavy (non-hydrogen) atoms. The zero-order valence-corrected chi connectivity index (χ0v) is 17.4. The second-order valence-electron chi connectivity index (χ2n) is 7.02. The van der Waals surface area contributed by atoms with Gasteiger partial charge in [-0.1, -0.05) is 54.1 Å². The van der Waals surface area contributed by atoms with E-state index >= 15 is 0 Å². The Morgan fingerprint density at radius 2 is 1.79 bits per heavy atom. The van der Waals surface area contributed by atoms with Gasteiger partial charge in [-0.05, 0) is 41.1 Å². The molecule has 3 aromatic rings. The maximum atomic E-state index is 13.3. The molecule has 4 nitrogen and oxygen atoms in total. The molecule has 6 heteroatoms. The van der Waals surface area contributed by atoms with Gasteiger partial charge in [0.1, 0.15) is 6.04 Å². The van der Waals surface area contributed by atoms with Crippen molar-refractivity contribution >= 4 is 34.8 Å². The normalized spacial score (nSPS) is 15.6. The largest absolute Gasteiger partial charge is 0.354 e. The number of amides is 2. The van der Waals surface area contributed by atoms with Crippen molar-refractivity contribution in [3.05, 3.63) is 92.6 Å². The van der Waals surface area contributed by atoms with Gasteiger partial charge in [-0.25, -0.2) is 0 Å². The molecule has 0 fully saturated rings. The number of benzene rings is 2. The Kier molecular flexibility index (Phi) is 5.97. The lowest BCUT2D eigenvalue weighted by Crippen LogP contribution is -2.52. The van der Waals surface area contributed by atoms with Gasteiger partial charge in [-0.15, -0.1) is 11.3 Å². The number of rotatable bonds is 5. The number of hydrogen-bond donors (Lipinski definition) is 1. The summed E-state index contributed by atoms with van der Waals surface area (Å²) < 4.78 is 0. The fourth-order valence-electron chi connectivity index (χ4n) is 3.64. The Morgan fingerprint density at radius 3 is 2.55 bits per heavy atom. The molecular weight excluding hydrogens is 404 g/mol. The van der Waals surface area contributed by atoms with E-state index in [0.29, 0.717) is 30.1 Å². The molecule has 148 valence electrons. The molecule has 0 saturated heterocycles. The van der Waals surface area contributed by atoms with Gasteiger partial charge in [-0.2, -0.15) is 0 Å². The van der Waals surface area contributed by atoms with Gasteiger partial charge in [0.05, 0.1) is 10.6 Å². The van der Waals surface area contributed by atoms with Crippen LogP contribution in [0.15, 0.2) is 66.0 Å². The molecule has 2 aromatic carbocycles. The van der Waals surface area contributed by atoms with Crippen LogP contribution in [0, 0.1) is 0 Å². The zero-order valence-electron chi connectivity index (χ0n) is 15.8. The highest BCUT2D eigenvalue weighted by molar-refractivity contribution is 7.09. The number of hydrogen-bond acceptors (Lipinski definition) is 3. The minimum Gasteiger partial charge on any atom is -0.354 e. The lowest BCUT2D eigenvalue weighted by molar-refractivity contribution is -0.126. The van der Waals surface area contributed by atoms with Gasteiger partial charge < -0.3 is 10.2 Å². The third-order valence-corrected chi connectivity index (χ3v) is 6.43. The van der Waals surface area contributed by atoms with Crippen molar-refractivity contribution < 1.29 is 9.59 Å². The van der Waals surface area contributed by atoms with Crippen molar-refractivity contribution in [1.29, 1.82) is 0 Å². The van der Waals surface area contributed by atoms with Gasteiger partial charge >= 0.3 is 0 Å². The molecule has 1 atom stereocenters. The summed E-state index contributed by atoms with van der Waals surface area (Å²) in [6.45, 7) is 0.939. The maximum Gasteiger partial charge on any atom is 0.256 e. The second kappa shape index (κ2) is 8.80. The van der Waals surface area contributed by atoms with Crippen LogP contribution in [-0.2, 0) is 24.2 Å². The third kappa shape index (κ3) is 4.36. The number of carbonyl (C=O) groups is 2. The van der Waals surface area contributed by atoms with Crippen molar-refractivity contribution in [3.8, 4) is 0 Å². The molecule has 0 saturated carbocycles. The minimum atomic E-state index is -0.558. The van der Waals surface area contributed by atoms with Crippen LogP contribution in [0.1, 0.15) is 26.4 Å². The van der Waals surface area contributed by atoms with Crippen LogP contribution in [0.25, 0.3) is 0 Å². The van der Waals surface area contributed by atoms with Gasteiger partial charge in [0.2, 0.25) is 5.91 Å². The van der Waals surface area contributed by atoms with E-state index in [1.807, 2.05) is 35.7 Å². The first-order chi connectivity index (χ1) is 14.1. The van der Waals surface area contributed by atoms with Gasteiger partial charge in [0, 0.05) is 24.4 Å². The average molecular weight is 425 g/mol. The van der Waals surface area contributed by atoms with Crippen LogP contribution in [0.3, 0.4) is 0 Å². The molecule has 0 radical (unpaired) electrons. The van der Waals surface area contributed by atoms with Crippen LogP contribution >= 0.6 is 22.9 Å². The zero-order chi connectivity index (χ0) is 20.2. The summed E-state index contributed by atoms with van der Waals surface area (Å²) in [7, 11) is 0. The van der Waals surface area contributed by atoms with Gasteiger partial charge in [0.15, 0.2) is 0 Å². The summed E-state index contributed by atoms with van der Waals surface area (Å²) >= 11 is 7.93. The molecular formula is C23H21ClN2O2S. The predicted molar refractivity (Wildman–Crippen MR) is 116 cm³/mol. The Hall–Kier alpha value is -2.63. The summed E-state index contributed by atoms with van der Waals surface area (Å²) in [5.41, 5.74) is 2.59. The third-order valence-electron chi connectivity index (χ3n) is 5.17. The van der Waals surface area contributed by atoms with E-state index in [0.717, 1.165) is 17.5 Å². The average Bonchev–Trinajstić information content (AvgIpc) is 3.26. The van der Waals surface area contributed by atoms with E-state index in [-0.39, 0.29) is 11.8 Å². The first-order valence-electron chi connectivity index (χ1n) is 9.56. The van der Waals surface area contributed by atoms with E-state index in [1.165, 1.54) is 4.88 Å². The lowest BCUT2D eigenvalue weighted by Gasteiger charge is -2.36. The summed E-state index contributed by atoms with van der Waals surface area (Å²) in [6, 6.07) is 18.4. The fourth-order valence-corrected chi connectivity index (χ4v) is 4.57. The summed E-state index contributed by atoms with van der Waals surface area (Å²) in [6.07, 6.45) is 1.28. The molecule has 4 rings (SSSR count). The Labute approximate surface area is 179 Å². The molecule has 0 aliphatic carbocycles. The highest BCUT2D eigenvalue weighted by Gasteiger charge is 2.35.